The zero-order chi connectivity index (χ0) is 20.3. The average molecular weight is 400 g/mol. The number of rotatable bonds is 6. The van der Waals surface area contributed by atoms with E-state index in [0.717, 1.165) is 34.6 Å². The van der Waals surface area contributed by atoms with Gasteiger partial charge in [0.1, 0.15) is 16.8 Å². The number of nitrogens with zero attached hydrogens (tertiary/aromatic N) is 4. The Morgan fingerprint density at radius 1 is 1.07 bits per heavy atom. The van der Waals surface area contributed by atoms with E-state index in [4.69, 9.17) is 9.72 Å². The molecule has 0 amide bonds. The summed E-state index contributed by atoms with van der Waals surface area (Å²) < 4.78 is 5.34. The highest BCUT2D eigenvalue weighted by Crippen LogP contribution is 2.27. The van der Waals surface area contributed by atoms with Gasteiger partial charge in [-0.05, 0) is 55.8 Å². The molecule has 0 spiro atoms. The van der Waals surface area contributed by atoms with E-state index in [1.165, 1.54) is 31.5 Å². The van der Waals surface area contributed by atoms with Crippen LogP contribution in [0.5, 0.6) is 5.75 Å². The molecule has 2 N–H and O–H groups in total. The maximum atomic E-state index is 5.34. The van der Waals surface area contributed by atoms with Gasteiger partial charge in [0, 0.05) is 17.8 Å². The van der Waals surface area contributed by atoms with Crippen molar-refractivity contribution in [1.82, 2.24) is 25.1 Å². The number of likely N-dealkylation sites (tertiary alicyclic amines) is 1. The number of methoxy groups -OCH3 is 1. The predicted molar refractivity (Wildman–Crippen MR) is 118 cm³/mol. The number of nitrogens with one attached hydrogen (secondary N) is 2. The van der Waals surface area contributed by atoms with Gasteiger partial charge in [-0.25, -0.2) is 9.97 Å². The van der Waals surface area contributed by atoms with Gasteiger partial charge in [-0.3, -0.25) is 10.00 Å². The molecule has 2 aromatic heterocycles. The van der Waals surface area contributed by atoms with Crippen LogP contribution in [-0.2, 0) is 6.54 Å². The number of aromatic nitrogens is 4. The Morgan fingerprint density at radius 2 is 1.90 bits per heavy atom. The van der Waals surface area contributed by atoms with Crippen molar-refractivity contribution < 1.29 is 4.74 Å². The van der Waals surface area contributed by atoms with Gasteiger partial charge in [-0.2, -0.15) is 5.10 Å². The molecule has 2 aromatic carbocycles. The van der Waals surface area contributed by atoms with Crippen LogP contribution in [0.4, 0.5) is 11.5 Å². The van der Waals surface area contributed by atoms with E-state index in [9.17, 15) is 0 Å². The van der Waals surface area contributed by atoms with E-state index >= 15 is 0 Å². The van der Waals surface area contributed by atoms with Crippen molar-refractivity contribution in [3.05, 3.63) is 60.3 Å². The topological polar surface area (TPSA) is 79.0 Å². The van der Waals surface area contributed by atoms with Crippen LogP contribution < -0.4 is 10.1 Å². The summed E-state index contributed by atoms with van der Waals surface area (Å²) in [7, 11) is 1.65. The zero-order valence-electron chi connectivity index (χ0n) is 16.9. The molecule has 1 fully saturated rings. The number of ether oxygens (including phenoxy) is 1. The van der Waals surface area contributed by atoms with Gasteiger partial charge in [0.15, 0.2) is 11.6 Å². The van der Waals surface area contributed by atoms with E-state index in [2.05, 4.69) is 49.7 Å². The summed E-state index contributed by atoms with van der Waals surface area (Å²) in [4.78, 5) is 11.9. The Bertz CT molecular complexity index is 1150. The van der Waals surface area contributed by atoms with Gasteiger partial charge in [-0.15, -0.1) is 0 Å². The molecule has 0 unspecified atom stereocenters. The zero-order valence-corrected chi connectivity index (χ0v) is 16.9. The van der Waals surface area contributed by atoms with Crippen molar-refractivity contribution >= 4 is 22.5 Å². The quantitative estimate of drug-likeness (QED) is 0.500. The first-order valence-electron chi connectivity index (χ1n) is 10.2. The molecule has 1 saturated heterocycles. The molecular weight excluding hydrogens is 376 g/mol. The second-order valence-electron chi connectivity index (χ2n) is 7.56. The molecule has 0 radical (unpaired) electrons. The highest BCUT2D eigenvalue weighted by Gasteiger charge is 2.13. The van der Waals surface area contributed by atoms with Crippen LogP contribution in [0.25, 0.3) is 22.4 Å². The largest absolute Gasteiger partial charge is 0.497 e. The van der Waals surface area contributed by atoms with Gasteiger partial charge >= 0.3 is 0 Å². The van der Waals surface area contributed by atoms with Crippen LogP contribution in [0.3, 0.4) is 0 Å². The van der Waals surface area contributed by atoms with Crippen molar-refractivity contribution in [2.75, 3.05) is 25.5 Å². The minimum absolute atomic E-state index is 0.621. The number of hydrogen-bond donors (Lipinski definition) is 2. The Hall–Kier alpha value is -3.45. The second-order valence-corrected chi connectivity index (χ2v) is 7.56. The minimum Gasteiger partial charge on any atom is -0.497 e. The predicted octanol–water partition coefficient (Wildman–Crippen LogP) is 4.37. The molecule has 30 heavy (non-hydrogen) atoms. The van der Waals surface area contributed by atoms with Crippen LogP contribution in [0, 0.1) is 0 Å². The van der Waals surface area contributed by atoms with Gasteiger partial charge in [0.25, 0.3) is 0 Å². The molecule has 152 valence electrons. The second kappa shape index (κ2) is 8.12. The number of hydrogen-bond acceptors (Lipinski definition) is 6. The van der Waals surface area contributed by atoms with Crippen LogP contribution >= 0.6 is 0 Å². The fraction of sp³-hybridized carbons (Fsp3) is 0.261. The number of aromatic amines is 1. The summed E-state index contributed by atoms with van der Waals surface area (Å²) in [5, 5.41) is 10.6. The Balaban J connectivity index is 1.42. The minimum atomic E-state index is 0.621. The van der Waals surface area contributed by atoms with E-state index in [1.54, 1.807) is 13.3 Å². The molecule has 0 atom stereocenters. The monoisotopic (exact) mass is 400 g/mol. The Morgan fingerprint density at radius 3 is 2.70 bits per heavy atom. The molecule has 0 bridgehead atoms. The third kappa shape index (κ3) is 3.84. The molecular formula is C23H24N6O. The van der Waals surface area contributed by atoms with Crippen molar-refractivity contribution in [3.63, 3.8) is 0 Å². The first kappa shape index (κ1) is 18.6. The molecule has 0 aliphatic carbocycles. The molecule has 7 nitrogen and oxygen atoms in total. The van der Waals surface area contributed by atoms with Crippen molar-refractivity contribution in [2.24, 2.45) is 0 Å². The SMILES string of the molecule is COc1cccc(-c2nc(Nc3ccc(CN4CCCC4)cc3)c3[nH]ncc3n2)c1. The standard InChI is InChI=1S/C23H24N6O/c1-30-19-6-4-5-17(13-19)22-26-20-14-24-28-21(20)23(27-22)25-18-9-7-16(8-10-18)15-29-11-2-3-12-29/h4-10,13-14H,2-3,11-12,15H2,1H3,(H,24,28)(H,25,26,27). The Labute approximate surface area is 175 Å². The van der Waals surface area contributed by atoms with Crippen LogP contribution in [0.15, 0.2) is 54.7 Å². The highest BCUT2D eigenvalue weighted by atomic mass is 16.5. The first-order chi connectivity index (χ1) is 14.8. The number of anilines is 2. The smallest absolute Gasteiger partial charge is 0.162 e. The molecule has 7 heteroatoms. The molecule has 0 saturated carbocycles. The third-order valence-electron chi connectivity index (χ3n) is 5.45. The van der Waals surface area contributed by atoms with Crippen LogP contribution in [-0.4, -0.2) is 45.3 Å². The van der Waals surface area contributed by atoms with Gasteiger partial charge in [-0.1, -0.05) is 24.3 Å². The number of fused-ring (bicyclic) bond motifs is 1. The maximum absolute atomic E-state index is 5.34. The van der Waals surface area contributed by atoms with Crippen molar-refractivity contribution in [1.29, 1.82) is 0 Å². The fourth-order valence-electron chi connectivity index (χ4n) is 3.85. The van der Waals surface area contributed by atoms with E-state index in [0.29, 0.717) is 11.6 Å². The lowest BCUT2D eigenvalue weighted by atomic mass is 10.2. The summed E-state index contributed by atoms with van der Waals surface area (Å²) in [6.07, 6.45) is 4.33. The summed E-state index contributed by atoms with van der Waals surface area (Å²) in [5.74, 6) is 2.09. The first-order valence-corrected chi connectivity index (χ1v) is 10.2. The van der Waals surface area contributed by atoms with E-state index in [1.807, 2.05) is 24.3 Å². The molecule has 4 aromatic rings. The lowest BCUT2D eigenvalue weighted by Gasteiger charge is -2.15. The van der Waals surface area contributed by atoms with Gasteiger partial charge in [0.2, 0.25) is 0 Å². The normalized spacial score (nSPS) is 14.3. The fourth-order valence-corrected chi connectivity index (χ4v) is 3.85. The third-order valence-corrected chi connectivity index (χ3v) is 5.45. The Kier molecular flexibility index (Phi) is 5.03. The number of H-pyrrole nitrogens is 1. The molecule has 3 heterocycles. The average Bonchev–Trinajstić information content (AvgIpc) is 3.47. The van der Waals surface area contributed by atoms with Crippen LogP contribution in [0.1, 0.15) is 18.4 Å². The molecule has 5 rings (SSSR count). The lowest BCUT2D eigenvalue weighted by molar-refractivity contribution is 0.331. The van der Waals surface area contributed by atoms with Gasteiger partial charge in [0.05, 0.1) is 13.3 Å². The van der Waals surface area contributed by atoms with E-state index < -0.39 is 0 Å². The molecule has 1 aliphatic rings. The summed E-state index contributed by atoms with van der Waals surface area (Å²) in [5.41, 5.74) is 4.74. The summed E-state index contributed by atoms with van der Waals surface area (Å²) >= 11 is 0. The number of benzene rings is 2. The van der Waals surface area contributed by atoms with Gasteiger partial charge < -0.3 is 10.1 Å². The van der Waals surface area contributed by atoms with E-state index in [-0.39, 0.29) is 0 Å². The summed E-state index contributed by atoms with van der Waals surface area (Å²) in [6.45, 7) is 3.41. The van der Waals surface area contributed by atoms with Crippen LogP contribution in [0.2, 0.25) is 0 Å². The highest BCUT2D eigenvalue weighted by molar-refractivity contribution is 5.88. The summed E-state index contributed by atoms with van der Waals surface area (Å²) in [6, 6.07) is 16.3. The lowest BCUT2D eigenvalue weighted by Crippen LogP contribution is -2.18. The van der Waals surface area contributed by atoms with Crippen molar-refractivity contribution in [2.45, 2.75) is 19.4 Å². The maximum Gasteiger partial charge on any atom is 0.162 e. The van der Waals surface area contributed by atoms with Crippen molar-refractivity contribution in [3.8, 4) is 17.1 Å². The molecule has 1 aliphatic heterocycles.